The van der Waals surface area contributed by atoms with Crippen molar-refractivity contribution in [3.8, 4) is 0 Å². The van der Waals surface area contributed by atoms with E-state index in [0.717, 1.165) is 30.8 Å². The average Bonchev–Trinajstić information content (AvgIpc) is 2.61. The fourth-order valence-corrected chi connectivity index (χ4v) is 2.20. The van der Waals surface area contributed by atoms with Crippen LogP contribution in [0.4, 0.5) is 0 Å². The zero-order chi connectivity index (χ0) is 11.1. The number of hydrogen-bond donors (Lipinski definition) is 1. The number of thioether (sulfide) groups is 1. The summed E-state index contributed by atoms with van der Waals surface area (Å²) in [6.45, 7) is 2.15. The molecule has 1 atom stereocenters. The smallest absolute Gasteiger partial charge is 0.0551 e. The number of aryl methyl sites for hydroxylation is 2. The van der Waals surface area contributed by atoms with Crippen LogP contribution in [0.25, 0.3) is 0 Å². The van der Waals surface area contributed by atoms with Crippen molar-refractivity contribution in [2.75, 3.05) is 11.5 Å². The van der Waals surface area contributed by atoms with Gasteiger partial charge in [0.05, 0.1) is 6.10 Å². The van der Waals surface area contributed by atoms with E-state index in [1.54, 1.807) is 6.20 Å². The van der Waals surface area contributed by atoms with Crippen LogP contribution in [0.3, 0.4) is 0 Å². The number of nitrogens with zero attached hydrogens (tertiary/aromatic N) is 2. The summed E-state index contributed by atoms with van der Waals surface area (Å²) in [6, 6.07) is 2.01. The van der Waals surface area contributed by atoms with Crippen LogP contribution in [0.5, 0.6) is 0 Å². The molecule has 4 heteroatoms. The van der Waals surface area contributed by atoms with Crippen LogP contribution in [0.15, 0.2) is 12.3 Å². The molecule has 3 nitrogen and oxygen atoms in total. The molecule has 1 unspecified atom stereocenters. The van der Waals surface area contributed by atoms with Gasteiger partial charge in [-0.2, -0.15) is 16.9 Å². The molecule has 0 aliphatic carbocycles. The van der Waals surface area contributed by atoms with Crippen LogP contribution < -0.4 is 0 Å². The van der Waals surface area contributed by atoms with Gasteiger partial charge in [-0.05, 0) is 36.8 Å². The minimum Gasteiger partial charge on any atom is -0.393 e. The van der Waals surface area contributed by atoms with Gasteiger partial charge in [0.15, 0.2) is 0 Å². The third kappa shape index (κ3) is 4.71. The highest BCUT2D eigenvalue weighted by molar-refractivity contribution is 7.99. The Bertz CT molecular complexity index is 275. The maximum atomic E-state index is 9.72. The average molecular weight is 228 g/mol. The van der Waals surface area contributed by atoms with E-state index in [9.17, 15) is 5.11 Å². The van der Waals surface area contributed by atoms with Crippen LogP contribution in [0, 0.1) is 0 Å². The van der Waals surface area contributed by atoms with Gasteiger partial charge in [-0.15, -0.1) is 0 Å². The number of aromatic nitrogens is 2. The van der Waals surface area contributed by atoms with Crippen LogP contribution in [0.2, 0.25) is 0 Å². The largest absolute Gasteiger partial charge is 0.393 e. The SMILES string of the molecule is CCSCCC(O)CCc1ccnn1C. The molecule has 0 fully saturated rings. The standard InChI is InChI=1S/C11H20N2OS/c1-3-15-9-7-11(14)5-4-10-6-8-12-13(10)2/h6,8,11,14H,3-5,7,9H2,1-2H3. The molecular weight excluding hydrogens is 208 g/mol. The zero-order valence-corrected chi connectivity index (χ0v) is 10.3. The van der Waals surface area contributed by atoms with Crippen molar-refractivity contribution in [1.82, 2.24) is 9.78 Å². The molecule has 1 N–H and O–H groups in total. The maximum Gasteiger partial charge on any atom is 0.0551 e. The Morgan fingerprint density at radius 2 is 2.33 bits per heavy atom. The summed E-state index contributed by atoms with van der Waals surface area (Å²) in [5.41, 5.74) is 1.19. The van der Waals surface area contributed by atoms with Crippen molar-refractivity contribution in [3.63, 3.8) is 0 Å². The molecule has 0 aliphatic heterocycles. The second kappa shape index (κ2) is 6.90. The predicted octanol–water partition coefficient (Wildman–Crippen LogP) is 1.86. The van der Waals surface area contributed by atoms with Gasteiger partial charge >= 0.3 is 0 Å². The van der Waals surface area contributed by atoms with E-state index in [2.05, 4.69) is 12.0 Å². The molecule has 0 amide bonds. The Morgan fingerprint density at radius 3 is 2.93 bits per heavy atom. The third-order valence-corrected chi connectivity index (χ3v) is 3.39. The molecule has 0 saturated heterocycles. The summed E-state index contributed by atoms with van der Waals surface area (Å²) in [4.78, 5) is 0. The lowest BCUT2D eigenvalue weighted by molar-refractivity contribution is 0.161. The number of aliphatic hydroxyl groups excluding tert-OH is 1. The summed E-state index contributed by atoms with van der Waals surface area (Å²) >= 11 is 1.89. The molecular formula is C11H20N2OS. The Kier molecular flexibility index (Phi) is 5.79. The molecule has 0 radical (unpaired) electrons. The molecule has 1 rings (SSSR count). The van der Waals surface area contributed by atoms with E-state index in [0.29, 0.717) is 0 Å². The molecule has 1 aromatic heterocycles. The quantitative estimate of drug-likeness (QED) is 0.724. The highest BCUT2D eigenvalue weighted by Gasteiger charge is 2.06. The first kappa shape index (κ1) is 12.6. The Morgan fingerprint density at radius 1 is 1.53 bits per heavy atom. The van der Waals surface area contributed by atoms with Gasteiger partial charge in [-0.1, -0.05) is 6.92 Å². The van der Waals surface area contributed by atoms with Crippen molar-refractivity contribution in [3.05, 3.63) is 18.0 Å². The molecule has 15 heavy (non-hydrogen) atoms. The van der Waals surface area contributed by atoms with E-state index in [1.807, 2.05) is 29.6 Å². The van der Waals surface area contributed by atoms with E-state index < -0.39 is 0 Å². The minimum atomic E-state index is -0.168. The van der Waals surface area contributed by atoms with Gasteiger partial charge in [-0.25, -0.2) is 0 Å². The first-order chi connectivity index (χ1) is 7.24. The summed E-state index contributed by atoms with van der Waals surface area (Å²) in [6.07, 6.45) is 4.28. The lowest BCUT2D eigenvalue weighted by atomic mass is 10.1. The van der Waals surface area contributed by atoms with Crippen LogP contribution in [-0.4, -0.2) is 32.5 Å². The molecule has 0 saturated carbocycles. The second-order valence-electron chi connectivity index (χ2n) is 3.62. The number of rotatable bonds is 7. The summed E-state index contributed by atoms with van der Waals surface area (Å²) in [7, 11) is 1.94. The van der Waals surface area contributed by atoms with E-state index >= 15 is 0 Å². The molecule has 0 aliphatic rings. The number of aliphatic hydroxyl groups is 1. The fraction of sp³-hybridized carbons (Fsp3) is 0.727. The zero-order valence-electron chi connectivity index (χ0n) is 9.52. The lowest BCUT2D eigenvalue weighted by Crippen LogP contribution is -2.10. The topological polar surface area (TPSA) is 38.1 Å². The summed E-state index contributed by atoms with van der Waals surface area (Å²) in [5, 5.41) is 13.8. The third-order valence-electron chi connectivity index (χ3n) is 2.46. The van der Waals surface area contributed by atoms with Gasteiger partial charge in [0.1, 0.15) is 0 Å². The first-order valence-corrected chi connectivity index (χ1v) is 6.62. The van der Waals surface area contributed by atoms with E-state index in [4.69, 9.17) is 0 Å². The van der Waals surface area contributed by atoms with Crippen molar-refractivity contribution >= 4 is 11.8 Å². The Balaban J connectivity index is 2.16. The van der Waals surface area contributed by atoms with Crippen LogP contribution in [0.1, 0.15) is 25.5 Å². The molecule has 86 valence electrons. The van der Waals surface area contributed by atoms with E-state index in [1.165, 1.54) is 5.69 Å². The van der Waals surface area contributed by atoms with Crippen molar-refractivity contribution in [2.45, 2.75) is 32.3 Å². The minimum absolute atomic E-state index is 0.168. The molecule has 1 aromatic rings. The van der Waals surface area contributed by atoms with E-state index in [-0.39, 0.29) is 6.10 Å². The molecule has 0 bridgehead atoms. The van der Waals surface area contributed by atoms with Gasteiger partial charge in [-0.3, -0.25) is 4.68 Å². The van der Waals surface area contributed by atoms with Gasteiger partial charge in [0.25, 0.3) is 0 Å². The fourth-order valence-electron chi connectivity index (χ4n) is 1.47. The Labute approximate surface area is 95.9 Å². The van der Waals surface area contributed by atoms with Gasteiger partial charge in [0.2, 0.25) is 0 Å². The molecule has 0 aromatic carbocycles. The summed E-state index contributed by atoms with van der Waals surface area (Å²) in [5.74, 6) is 2.19. The van der Waals surface area contributed by atoms with Crippen LogP contribution >= 0.6 is 11.8 Å². The highest BCUT2D eigenvalue weighted by Crippen LogP contribution is 2.09. The first-order valence-electron chi connectivity index (χ1n) is 5.46. The normalized spacial score (nSPS) is 13.0. The van der Waals surface area contributed by atoms with Crippen molar-refractivity contribution in [1.29, 1.82) is 0 Å². The molecule has 0 spiro atoms. The van der Waals surface area contributed by atoms with Gasteiger partial charge < -0.3 is 5.11 Å². The predicted molar refractivity (Wildman–Crippen MR) is 65.2 cm³/mol. The van der Waals surface area contributed by atoms with Crippen molar-refractivity contribution < 1.29 is 5.11 Å². The second-order valence-corrected chi connectivity index (χ2v) is 5.02. The highest BCUT2D eigenvalue weighted by atomic mass is 32.2. The number of hydrogen-bond acceptors (Lipinski definition) is 3. The van der Waals surface area contributed by atoms with Gasteiger partial charge in [0, 0.05) is 18.9 Å². The van der Waals surface area contributed by atoms with Crippen LogP contribution in [-0.2, 0) is 13.5 Å². The summed E-state index contributed by atoms with van der Waals surface area (Å²) < 4.78 is 1.87. The monoisotopic (exact) mass is 228 g/mol. The Hall–Kier alpha value is -0.480. The molecule has 1 heterocycles. The lowest BCUT2D eigenvalue weighted by Gasteiger charge is -2.09. The maximum absolute atomic E-state index is 9.72. The van der Waals surface area contributed by atoms with Crippen molar-refractivity contribution in [2.24, 2.45) is 7.05 Å².